The number of hydrogen-bond donors (Lipinski definition) is 2. The van der Waals surface area contributed by atoms with Crippen LogP contribution in [0.25, 0.3) is 0 Å². The number of hydrazine groups is 1. The van der Waals surface area contributed by atoms with Gasteiger partial charge in [0.15, 0.2) is 0 Å². The minimum Gasteiger partial charge on any atom is -0.289 e. The number of nitrogen functional groups attached to an aromatic ring is 1. The Morgan fingerprint density at radius 1 is 1.30 bits per heavy atom. The first-order chi connectivity index (χ1) is 9.67. The number of rotatable bonds is 5. The van der Waals surface area contributed by atoms with Gasteiger partial charge in [0, 0.05) is 5.69 Å². The van der Waals surface area contributed by atoms with E-state index < -0.39 is 5.91 Å². The Balaban J connectivity index is 2.25. The van der Waals surface area contributed by atoms with E-state index in [0.29, 0.717) is 12.2 Å². The molecule has 0 bridgehead atoms. The highest BCUT2D eigenvalue weighted by Crippen LogP contribution is 2.09. The van der Waals surface area contributed by atoms with Crippen molar-refractivity contribution < 1.29 is 4.79 Å². The Hall–Kier alpha value is -2.21. The summed E-state index contributed by atoms with van der Waals surface area (Å²) in [6.07, 6.45) is 1.82. The first-order valence-electron chi connectivity index (χ1n) is 6.70. The summed E-state index contributed by atoms with van der Waals surface area (Å²) in [5, 5.41) is 4.54. The second kappa shape index (κ2) is 6.29. The van der Waals surface area contributed by atoms with Gasteiger partial charge >= 0.3 is 0 Å². The quantitative estimate of drug-likeness (QED) is 0.484. The van der Waals surface area contributed by atoms with Crippen LogP contribution in [-0.2, 0) is 19.4 Å². The summed E-state index contributed by atoms with van der Waals surface area (Å²) < 4.78 is 1.94. The predicted molar refractivity (Wildman–Crippen MR) is 76.0 cm³/mol. The van der Waals surface area contributed by atoms with E-state index in [1.54, 1.807) is 12.1 Å². The van der Waals surface area contributed by atoms with Crippen LogP contribution in [0.3, 0.4) is 0 Å². The molecule has 0 saturated carbocycles. The topological polar surface area (TPSA) is 85.8 Å². The second-order valence-electron chi connectivity index (χ2n) is 4.48. The van der Waals surface area contributed by atoms with Crippen molar-refractivity contribution in [2.45, 2.75) is 33.2 Å². The average molecular weight is 273 g/mol. The lowest BCUT2D eigenvalue weighted by Crippen LogP contribution is -2.30. The average Bonchev–Trinajstić information content (AvgIpc) is 2.88. The van der Waals surface area contributed by atoms with Crippen LogP contribution in [0.2, 0.25) is 0 Å². The molecule has 6 nitrogen and oxygen atoms in total. The zero-order valence-electron chi connectivity index (χ0n) is 11.8. The van der Waals surface area contributed by atoms with Crippen LogP contribution in [0.4, 0.5) is 0 Å². The van der Waals surface area contributed by atoms with Gasteiger partial charge in [-0.05, 0) is 31.0 Å². The molecule has 1 amide bonds. The van der Waals surface area contributed by atoms with Gasteiger partial charge < -0.3 is 0 Å². The Morgan fingerprint density at radius 3 is 2.75 bits per heavy atom. The van der Waals surface area contributed by atoms with Crippen LogP contribution in [0.15, 0.2) is 24.3 Å². The first kappa shape index (κ1) is 14.2. The van der Waals surface area contributed by atoms with Crippen molar-refractivity contribution in [2.24, 2.45) is 5.84 Å². The normalized spacial score (nSPS) is 10.6. The number of aromatic nitrogens is 3. The fourth-order valence-electron chi connectivity index (χ4n) is 2.03. The van der Waals surface area contributed by atoms with Crippen molar-refractivity contribution in [3.8, 4) is 0 Å². The molecule has 0 aromatic carbocycles. The zero-order chi connectivity index (χ0) is 14.5. The number of carbonyl (C=O) groups is 1. The Morgan fingerprint density at radius 2 is 2.10 bits per heavy atom. The van der Waals surface area contributed by atoms with Gasteiger partial charge in [0.05, 0.1) is 17.9 Å². The number of hydrogen-bond acceptors (Lipinski definition) is 4. The van der Waals surface area contributed by atoms with Crippen molar-refractivity contribution in [1.29, 1.82) is 0 Å². The number of nitrogens with zero attached hydrogens (tertiary/aromatic N) is 3. The molecule has 0 fully saturated rings. The van der Waals surface area contributed by atoms with Gasteiger partial charge in [0.1, 0.15) is 5.69 Å². The highest BCUT2D eigenvalue weighted by atomic mass is 16.2. The Bertz CT molecular complexity index is 605. The van der Waals surface area contributed by atoms with E-state index in [4.69, 9.17) is 5.84 Å². The molecule has 0 saturated heterocycles. The number of pyridine rings is 1. The zero-order valence-corrected chi connectivity index (χ0v) is 11.8. The molecule has 0 spiro atoms. The van der Waals surface area contributed by atoms with Crippen LogP contribution in [0.5, 0.6) is 0 Å². The summed E-state index contributed by atoms with van der Waals surface area (Å²) in [5.41, 5.74) is 5.41. The van der Waals surface area contributed by atoms with Crippen molar-refractivity contribution in [1.82, 2.24) is 20.2 Å². The molecule has 2 heterocycles. The summed E-state index contributed by atoms with van der Waals surface area (Å²) in [4.78, 5) is 15.8. The van der Waals surface area contributed by atoms with E-state index in [9.17, 15) is 4.79 Å². The molecular formula is C14H19N5O. The molecule has 0 atom stereocenters. The molecule has 2 rings (SSSR count). The van der Waals surface area contributed by atoms with Gasteiger partial charge in [-0.15, -0.1) is 0 Å². The lowest BCUT2D eigenvalue weighted by molar-refractivity contribution is 0.0948. The third kappa shape index (κ3) is 3.03. The van der Waals surface area contributed by atoms with E-state index in [-0.39, 0.29) is 0 Å². The van der Waals surface area contributed by atoms with E-state index in [2.05, 4.69) is 35.4 Å². The molecule has 20 heavy (non-hydrogen) atoms. The first-order valence-corrected chi connectivity index (χ1v) is 6.70. The smallest absolute Gasteiger partial charge is 0.283 e. The van der Waals surface area contributed by atoms with E-state index in [1.807, 2.05) is 10.7 Å². The molecule has 2 aromatic heterocycles. The summed E-state index contributed by atoms with van der Waals surface area (Å²) in [6, 6.07) is 7.41. The van der Waals surface area contributed by atoms with Crippen LogP contribution in [-0.4, -0.2) is 20.7 Å². The van der Waals surface area contributed by atoms with Gasteiger partial charge in [0.25, 0.3) is 5.91 Å². The Labute approximate surface area is 118 Å². The molecule has 6 heteroatoms. The highest BCUT2D eigenvalue weighted by Gasteiger charge is 2.09. The van der Waals surface area contributed by atoms with Crippen LogP contribution >= 0.6 is 0 Å². The van der Waals surface area contributed by atoms with Crippen LogP contribution < -0.4 is 11.3 Å². The van der Waals surface area contributed by atoms with E-state index >= 15 is 0 Å². The van der Waals surface area contributed by atoms with Crippen molar-refractivity contribution in [3.05, 3.63) is 47.0 Å². The van der Waals surface area contributed by atoms with Gasteiger partial charge in [-0.1, -0.05) is 19.9 Å². The van der Waals surface area contributed by atoms with Crippen LogP contribution in [0, 0.1) is 0 Å². The standard InChI is InChI=1S/C14H19N5O/c1-3-10-8-12(4-2)19(18-10)9-11-6-5-7-13(16-11)14(20)17-15/h5-8H,3-4,9,15H2,1-2H3,(H,17,20). The highest BCUT2D eigenvalue weighted by molar-refractivity contribution is 5.91. The maximum atomic E-state index is 11.5. The summed E-state index contributed by atoms with van der Waals surface area (Å²) in [6.45, 7) is 4.73. The van der Waals surface area contributed by atoms with Gasteiger partial charge in [-0.3, -0.25) is 14.9 Å². The van der Waals surface area contributed by atoms with Crippen LogP contribution in [0.1, 0.15) is 41.4 Å². The van der Waals surface area contributed by atoms with E-state index in [0.717, 1.165) is 29.9 Å². The lowest BCUT2D eigenvalue weighted by Gasteiger charge is -2.06. The van der Waals surface area contributed by atoms with E-state index in [1.165, 1.54) is 0 Å². The minimum atomic E-state index is -0.391. The van der Waals surface area contributed by atoms with Gasteiger partial charge in [0.2, 0.25) is 0 Å². The largest absolute Gasteiger partial charge is 0.289 e. The summed E-state index contributed by atoms with van der Waals surface area (Å²) >= 11 is 0. The van der Waals surface area contributed by atoms with Crippen molar-refractivity contribution in [3.63, 3.8) is 0 Å². The van der Waals surface area contributed by atoms with Crippen molar-refractivity contribution in [2.75, 3.05) is 0 Å². The SMILES string of the molecule is CCc1cc(CC)n(Cc2cccc(C(=O)NN)n2)n1. The lowest BCUT2D eigenvalue weighted by atomic mass is 10.2. The number of amides is 1. The van der Waals surface area contributed by atoms with Gasteiger partial charge in [-0.2, -0.15) is 5.10 Å². The molecule has 0 aliphatic rings. The van der Waals surface area contributed by atoms with Crippen molar-refractivity contribution >= 4 is 5.91 Å². The molecular weight excluding hydrogens is 254 g/mol. The molecule has 2 aromatic rings. The molecule has 3 N–H and O–H groups in total. The molecule has 0 aliphatic heterocycles. The predicted octanol–water partition coefficient (Wildman–Crippen LogP) is 1.05. The minimum absolute atomic E-state index is 0.311. The monoisotopic (exact) mass is 273 g/mol. The molecule has 0 radical (unpaired) electrons. The molecule has 0 unspecified atom stereocenters. The molecule has 106 valence electrons. The molecule has 0 aliphatic carbocycles. The number of aryl methyl sites for hydroxylation is 2. The summed E-state index contributed by atoms with van der Waals surface area (Å²) in [7, 11) is 0. The third-order valence-corrected chi connectivity index (χ3v) is 3.12. The maximum absolute atomic E-state index is 11.5. The fourth-order valence-corrected chi connectivity index (χ4v) is 2.03. The fraction of sp³-hybridized carbons (Fsp3) is 0.357. The number of carbonyl (C=O) groups excluding carboxylic acids is 1. The van der Waals surface area contributed by atoms with Gasteiger partial charge in [-0.25, -0.2) is 10.8 Å². The number of nitrogens with two attached hydrogens (primary N) is 1. The second-order valence-corrected chi connectivity index (χ2v) is 4.48. The summed E-state index contributed by atoms with van der Waals surface area (Å²) in [5.74, 6) is 4.73. The number of nitrogens with one attached hydrogen (secondary N) is 1. The maximum Gasteiger partial charge on any atom is 0.283 e. The third-order valence-electron chi connectivity index (χ3n) is 3.12. The Kier molecular flexibility index (Phi) is 4.47.